The normalized spacial score (nSPS) is 46.6. The summed E-state index contributed by atoms with van der Waals surface area (Å²) >= 11 is 0. The highest BCUT2D eigenvalue weighted by atomic mass is 16.6. The van der Waals surface area contributed by atoms with Crippen LogP contribution < -0.4 is 0 Å². The zero-order valence-electron chi connectivity index (χ0n) is 13.4. The van der Waals surface area contributed by atoms with E-state index in [2.05, 4.69) is 4.90 Å². The number of cyclic esters (lactones) is 1. The number of aliphatic hydroxyl groups is 1. The van der Waals surface area contributed by atoms with E-state index in [1.807, 2.05) is 0 Å². The highest BCUT2D eigenvalue weighted by Crippen LogP contribution is 2.37. The Kier molecular flexibility index (Phi) is 3.93. The van der Waals surface area contributed by atoms with Gasteiger partial charge in [-0.2, -0.15) is 0 Å². The van der Waals surface area contributed by atoms with Crippen molar-refractivity contribution in [2.24, 2.45) is 17.8 Å². The number of hydrogen-bond donors (Lipinski definition) is 1. The number of rotatable bonds is 0. The van der Waals surface area contributed by atoms with Crippen molar-refractivity contribution in [2.45, 2.75) is 51.4 Å². The SMILES string of the molecule is C[C@@H]1C(=O)OC[C@@H]2CCN3CC[C@@H](OC(=O)[C@H](C)[C@@]1(C)O)[C@@H]23. The number of esters is 2. The fourth-order valence-electron chi connectivity index (χ4n) is 3.94. The van der Waals surface area contributed by atoms with E-state index in [0.717, 1.165) is 25.9 Å². The van der Waals surface area contributed by atoms with Crippen LogP contribution in [-0.4, -0.2) is 59.4 Å². The molecule has 3 heterocycles. The van der Waals surface area contributed by atoms with Gasteiger partial charge in [-0.15, -0.1) is 0 Å². The Labute approximate surface area is 130 Å². The lowest BCUT2D eigenvalue weighted by Crippen LogP contribution is -2.48. The summed E-state index contributed by atoms with van der Waals surface area (Å²) in [5.74, 6) is -2.22. The molecule has 0 spiro atoms. The summed E-state index contributed by atoms with van der Waals surface area (Å²) in [6, 6.07) is 0.141. The van der Waals surface area contributed by atoms with Crippen molar-refractivity contribution in [3.63, 3.8) is 0 Å². The lowest BCUT2D eigenvalue weighted by atomic mass is 9.80. The Morgan fingerprint density at radius 1 is 1.14 bits per heavy atom. The Hall–Kier alpha value is -1.14. The standard InChI is InChI=1S/C16H25NO5/c1-9-14(18)21-8-11-4-6-17-7-5-12(13(11)17)22-15(19)10(2)16(9,3)20/h9-13,20H,4-8H2,1-3H3/t9-,10+,11+,12-,13-,16+/m1/s1. The van der Waals surface area contributed by atoms with Crippen molar-refractivity contribution in [3.05, 3.63) is 0 Å². The maximum absolute atomic E-state index is 12.4. The lowest BCUT2D eigenvalue weighted by Gasteiger charge is -2.33. The van der Waals surface area contributed by atoms with Gasteiger partial charge in [0.15, 0.2) is 0 Å². The van der Waals surface area contributed by atoms with Crippen LogP contribution in [0.5, 0.6) is 0 Å². The van der Waals surface area contributed by atoms with Crippen molar-refractivity contribution in [2.75, 3.05) is 19.7 Å². The van der Waals surface area contributed by atoms with Crippen LogP contribution in [0.25, 0.3) is 0 Å². The van der Waals surface area contributed by atoms with Gasteiger partial charge in [0, 0.05) is 12.5 Å². The van der Waals surface area contributed by atoms with E-state index in [1.165, 1.54) is 6.92 Å². The molecule has 6 atom stereocenters. The molecule has 0 unspecified atom stereocenters. The summed E-state index contributed by atoms with van der Waals surface area (Å²) in [6.07, 6.45) is 1.60. The van der Waals surface area contributed by atoms with E-state index >= 15 is 0 Å². The second-order valence-corrected chi connectivity index (χ2v) is 7.14. The lowest BCUT2D eigenvalue weighted by molar-refractivity contribution is -0.171. The van der Waals surface area contributed by atoms with Gasteiger partial charge in [0.25, 0.3) is 0 Å². The summed E-state index contributed by atoms with van der Waals surface area (Å²) in [5.41, 5.74) is -1.48. The number of hydrogen-bond acceptors (Lipinski definition) is 6. The second kappa shape index (κ2) is 5.49. The van der Waals surface area contributed by atoms with Crippen LogP contribution >= 0.6 is 0 Å². The monoisotopic (exact) mass is 311 g/mol. The van der Waals surface area contributed by atoms with Gasteiger partial charge in [-0.1, -0.05) is 0 Å². The van der Waals surface area contributed by atoms with Crippen LogP contribution in [0.1, 0.15) is 33.6 Å². The predicted octanol–water partition coefficient (Wildman–Crippen LogP) is 0.572. The summed E-state index contributed by atoms with van der Waals surface area (Å²) < 4.78 is 11.2. The maximum atomic E-state index is 12.4. The number of carbonyl (C=O) groups is 2. The molecule has 3 aliphatic rings. The molecule has 3 aliphatic heterocycles. The molecule has 3 fully saturated rings. The third kappa shape index (κ3) is 2.42. The second-order valence-electron chi connectivity index (χ2n) is 7.14. The molecule has 0 radical (unpaired) electrons. The molecule has 3 rings (SSSR count). The maximum Gasteiger partial charge on any atom is 0.311 e. The Morgan fingerprint density at radius 3 is 2.50 bits per heavy atom. The third-order valence-electron chi connectivity index (χ3n) is 5.94. The zero-order chi connectivity index (χ0) is 16.1. The van der Waals surface area contributed by atoms with Crippen molar-refractivity contribution in [1.82, 2.24) is 4.90 Å². The quantitative estimate of drug-likeness (QED) is 0.659. The molecule has 0 aromatic rings. The van der Waals surface area contributed by atoms with Crippen molar-refractivity contribution >= 4 is 11.9 Å². The van der Waals surface area contributed by atoms with Gasteiger partial charge in [-0.25, -0.2) is 0 Å². The minimum Gasteiger partial charge on any atom is -0.465 e. The van der Waals surface area contributed by atoms with Crippen LogP contribution in [0.4, 0.5) is 0 Å². The van der Waals surface area contributed by atoms with E-state index in [1.54, 1.807) is 13.8 Å². The van der Waals surface area contributed by atoms with Gasteiger partial charge >= 0.3 is 11.9 Å². The van der Waals surface area contributed by atoms with E-state index in [9.17, 15) is 14.7 Å². The first kappa shape index (κ1) is 15.7. The molecule has 1 N–H and O–H groups in total. The van der Waals surface area contributed by atoms with Crippen LogP contribution in [0.2, 0.25) is 0 Å². The fraction of sp³-hybridized carbons (Fsp3) is 0.875. The van der Waals surface area contributed by atoms with Crippen LogP contribution in [-0.2, 0) is 19.1 Å². The Balaban J connectivity index is 1.89. The smallest absolute Gasteiger partial charge is 0.311 e. The molecule has 0 amide bonds. The highest BCUT2D eigenvalue weighted by molar-refractivity contribution is 5.78. The fourth-order valence-corrected chi connectivity index (χ4v) is 3.94. The zero-order valence-corrected chi connectivity index (χ0v) is 13.4. The topological polar surface area (TPSA) is 76.1 Å². The summed E-state index contributed by atoms with van der Waals surface area (Å²) in [6.45, 7) is 6.93. The molecule has 0 aromatic carbocycles. The van der Waals surface area contributed by atoms with Gasteiger partial charge < -0.3 is 14.6 Å². The van der Waals surface area contributed by atoms with Crippen LogP contribution in [0.15, 0.2) is 0 Å². The number of ether oxygens (including phenoxy) is 2. The van der Waals surface area contributed by atoms with E-state index < -0.39 is 29.4 Å². The molecule has 0 aliphatic carbocycles. The Bertz CT molecular complexity index is 477. The molecule has 124 valence electrons. The molecule has 0 bridgehead atoms. The number of carbonyl (C=O) groups excluding carboxylic acids is 2. The molecule has 6 heteroatoms. The molecule has 3 saturated heterocycles. The van der Waals surface area contributed by atoms with Crippen molar-refractivity contribution < 1.29 is 24.2 Å². The van der Waals surface area contributed by atoms with Gasteiger partial charge in [0.1, 0.15) is 6.10 Å². The van der Waals surface area contributed by atoms with Gasteiger partial charge in [-0.3, -0.25) is 14.5 Å². The summed E-state index contributed by atoms with van der Waals surface area (Å²) in [4.78, 5) is 27.0. The first-order valence-electron chi connectivity index (χ1n) is 8.16. The van der Waals surface area contributed by atoms with Gasteiger partial charge in [-0.05, 0) is 40.2 Å². The molecule has 0 aromatic heterocycles. The van der Waals surface area contributed by atoms with E-state index in [-0.39, 0.29) is 18.1 Å². The minimum absolute atomic E-state index is 0.141. The average molecular weight is 311 g/mol. The number of nitrogens with zero attached hydrogens (tertiary/aromatic N) is 1. The van der Waals surface area contributed by atoms with Crippen LogP contribution in [0, 0.1) is 17.8 Å². The average Bonchev–Trinajstić information content (AvgIpc) is 3.05. The summed E-state index contributed by atoms with van der Waals surface area (Å²) in [5, 5.41) is 10.6. The first-order chi connectivity index (χ1) is 10.3. The largest absolute Gasteiger partial charge is 0.465 e. The molecular formula is C16H25NO5. The van der Waals surface area contributed by atoms with Crippen LogP contribution in [0.3, 0.4) is 0 Å². The first-order valence-corrected chi connectivity index (χ1v) is 8.16. The molecule has 6 nitrogen and oxygen atoms in total. The van der Waals surface area contributed by atoms with Crippen molar-refractivity contribution in [1.29, 1.82) is 0 Å². The highest BCUT2D eigenvalue weighted by Gasteiger charge is 2.50. The summed E-state index contributed by atoms with van der Waals surface area (Å²) in [7, 11) is 0. The third-order valence-corrected chi connectivity index (χ3v) is 5.94. The minimum atomic E-state index is -1.48. The van der Waals surface area contributed by atoms with E-state index in [0.29, 0.717) is 6.61 Å². The van der Waals surface area contributed by atoms with Gasteiger partial charge in [0.05, 0.1) is 30.1 Å². The molecule has 22 heavy (non-hydrogen) atoms. The van der Waals surface area contributed by atoms with E-state index in [4.69, 9.17) is 9.47 Å². The molecular weight excluding hydrogens is 286 g/mol. The van der Waals surface area contributed by atoms with Gasteiger partial charge in [0.2, 0.25) is 0 Å². The van der Waals surface area contributed by atoms with Crippen molar-refractivity contribution in [3.8, 4) is 0 Å². The predicted molar refractivity (Wildman–Crippen MR) is 77.9 cm³/mol. The molecule has 0 saturated carbocycles. The Morgan fingerprint density at radius 2 is 1.77 bits per heavy atom.